The smallest absolute Gasteiger partial charge is 0.194 e. The predicted octanol–water partition coefficient (Wildman–Crippen LogP) is 2.52. The van der Waals surface area contributed by atoms with Gasteiger partial charge >= 0.3 is 0 Å². The third-order valence-electron chi connectivity index (χ3n) is 4.16. The third kappa shape index (κ3) is 4.26. The molecule has 1 aliphatic carbocycles. The van der Waals surface area contributed by atoms with Gasteiger partial charge in [-0.25, -0.2) is 4.99 Å². The Bertz CT molecular complexity index is 717. The zero-order chi connectivity index (χ0) is 17.1. The van der Waals surface area contributed by atoms with Crippen molar-refractivity contribution >= 4 is 17.6 Å². The molecule has 0 amide bonds. The molecular formula is C17H23ClN6. The van der Waals surface area contributed by atoms with E-state index in [-0.39, 0.29) is 0 Å². The quantitative estimate of drug-likeness (QED) is 0.667. The molecule has 0 aliphatic heterocycles. The molecular weight excluding hydrogens is 324 g/mol. The summed E-state index contributed by atoms with van der Waals surface area (Å²) in [6.07, 6.45) is 2.41. The van der Waals surface area contributed by atoms with E-state index in [2.05, 4.69) is 20.4 Å². The Kier molecular flexibility index (Phi) is 5.04. The van der Waals surface area contributed by atoms with Crippen LogP contribution in [-0.2, 0) is 20.1 Å². The number of halogens is 1. The summed E-state index contributed by atoms with van der Waals surface area (Å²) in [4.78, 5) is 6.87. The zero-order valence-electron chi connectivity index (χ0n) is 14.3. The number of hydrogen-bond donors (Lipinski definition) is 1. The highest BCUT2D eigenvalue weighted by Gasteiger charge is 2.24. The van der Waals surface area contributed by atoms with Crippen molar-refractivity contribution in [2.75, 3.05) is 7.05 Å². The first-order valence-electron chi connectivity index (χ1n) is 8.14. The van der Waals surface area contributed by atoms with E-state index in [1.54, 1.807) is 0 Å². The molecule has 0 atom stereocenters. The molecule has 2 aromatic rings. The maximum absolute atomic E-state index is 5.96. The molecule has 1 N–H and O–H groups in total. The van der Waals surface area contributed by atoms with Crippen molar-refractivity contribution in [1.29, 1.82) is 0 Å². The summed E-state index contributed by atoms with van der Waals surface area (Å²) in [5.74, 6) is 2.65. The zero-order valence-corrected chi connectivity index (χ0v) is 15.1. The van der Waals surface area contributed by atoms with Gasteiger partial charge < -0.3 is 14.8 Å². The third-order valence-corrected chi connectivity index (χ3v) is 4.41. The van der Waals surface area contributed by atoms with Gasteiger partial charge in [0.25, 0.3) is 0 Å². The van der Waals surface area contributed by atoms with E-state index in [4.69, 9.17) is 16.6 Å². The summed E-state index contributed by atoms with van der Waals surface area (Å²) in [5, 5.41) is 12.5. The number of guanidine groups is 1. The van der Waals surface area contributed by atoms with Gasteiger partial charge in [-0.1, -0.05) is 23.7 Å². The van der Waals surface area contributed by atoms with Gasteiger partial charge in [-0.05, 0) is 37.5 Å². The SMILES string of the molecule is Cc1nnc(CN=C(NC2CC2)N(C)Cc2ccc(Cl)cc2)n1C. The van der Waals surface area contributed by atoms with E-state index < -0.39 is 0 Å². The van der Waals surface area contributed by atoms with Crippen molar-refractivity contribution in [3.05, 3.63) is 46.5 Å². The molecule has 1 aliphatic rings. The maximum atomic E-state index is 5.96. The lowest BCUT2D eigenvalue weighted by Gasteiger charge is -2.22. The summed E-state index contributed by atoms with van der Waals surface area (Å²) in [6, 6.07) is 8.45. The van der Waals surface area contributed by atoms with Crippen LogP contribution >= 0.6 is 11.6 Å². The highest BCUT2D eigenvalue weighted by molar-refractivity contribution is 6.30. The highest BCUT2D eigenvalue weighted by atomic mass is 35.5. The molecule has 3 rings (SSSR count). The molecule has 1 heterocycles. The fraction of sp³-hybridized carbons (Fsp3) is 0.471. The van der Waals surface area contributed by atoms with E-state index in [1.165, 1.54) is 18.4 Å². The van der Waals surface area contributed by atoms with E-state index in [0.717, 1.165) is 29.2 Å². The number of nitrogens with zero attached hydrogens (tertiary/aromatic N) is 5. The van der Waals surface area contributed by atoms with Gasteiger partial charge in [0.1, 0.15) is 12.4 Å². The Labute approximate surface area is 147 Å². The first kappa shape index (κ1) is 16.8. The number of aliphatic imine (C=N–C) groups is 1. The van der Waals surface area contributed by atoms with Crippen molar-refractivity contribution in [3.63, 3.8) is 0 Å². The number of rotatable bonds is 5. The van der Waals surface area contributed by atoms with Crippen LogP contribution < -0.4 is 5.32 Å². The van der Waals surface area contributed by atoms with Gasteiger partial charge in [0.05, 0.1) is 0 Å². The van der Waals surface area contributed by atoms with Crippen LogP contribution in [0, 0.1) is 6.92 Å². The van der Waals surface area contributed by atoms with Gasteiger partial charge in [0.2, 0.25) is 0 Å². The Morgan fingerprint density at radius 2 is 2.04 bits per heavy atom. The fourth-order valence-corrected chi connectivity index (χ4v) is 2.49. The number of aryl methyl sites for hydroxylation is 1. The Morgan fingerprint density at radius 1 is 1.33 bits per heavy atom. The molecule has 0 radical (unpaired) electrons. The molecule has 0 saturated heterocycles. The van der Waals surface area contributed by atoms with Crippen LogP contribution in [0.3, 0.4) is 0 Å². The molecule has 128 valence electrons. The molecule has 0 unspecified atom stereocenters. The Hall–Kier alpha value is -2.08. The van der Waals surface area contributed by atoms with E-state index in [0.29, 0.717) is 12.6 Å². The molecule has 7 heteroatoms. The molecule has 1 fully saturated rings. The lowest BCUT2D eigenvalue weighted by Crippen LogP contribution is -2.39. The van der Waals surface area contributed by atoms with Gasteiger partial charge in [0, 0.05) is 31.7 Å². The van der Waals surface area contributed by atoms with E-state index in [9.17, 15) is 0 Å². The van der Waals surface area contributed by atoms with Crippen LogP contribution in [0.5, 0.6) is 0 Å². The Morgan fingerprint density at radius 3 is 2.62 bits per heavy atom. The number of hydrogen-bond acceptors (Lipinski definition) is 3. The summed E-state index contributed by atoms with van der Waals surface area (Å²) >= 11 is 5.96. The van der Waals surface area contributed by atoms with Crippen LogP contribution in [0.15, 0.2) is 29.3 Å². The topological polar surface area (TPSA) is 58.3 Å². The molecule has 0 spiro atoms. The first-order chi connectivity index (χ1) is 11.5. The van der Waals surface area contributed by atoms with Gasteiger partial charge in [0.15, 0.2) is 11.8 Å². The van der Waals surface area contributed by atoms with Crippen molar-refractivity contribution in [2.45, 2.75) is 38.9 Å². The lowest BCUT2D eigenvalue weighted by molar-refractivity contribution is 0.473. The summed E-state index contributed by atoms with van der Waals surface area (Å²) < 4.78 is 1.97. The van der Waals surface area contributed by atoms with Gasteiger partial charge in [-0.15, -0.1) is 10.2 Å². The Balaban J connectivity index is 1.71. The molecule has 0 bridgehead atoms. The van der Waals surface area contributed by atoms with E-state index >= 15 is 0 Å². The number of aromatic nitrogens is 3. The van der Waals surface area contributed by atoms with Crippen molar-refractivity contribution in [2.24, 2.45) is 12.0 Å². The average molecular weight is 347 g/mol. The second kappa shape index (κ2) is 7.21. The second-order valence-electron chi connectivity index (χ2n) is 6.26. The predicted molar refractivity (Wildman–Crippen MR) is 96.0 cm³/mol. The molecule has 1 aromatic carbocycles. The summed E-state index contributed by atoms with van der Waals surface area (Å²) in [5.41, 5.74) is 1.20. The largest absolute Gasteiger partial charge is 0.353 e. The van der Waals surface area contributed by atoms with Crippen LogP contribution in [0.1, 0.15) is 30.1 Å². The van der Waals surface area contributed by atoms with Gasteiger partial charge in [-0.2, -0.15) is 0 Å². The monoisotopic (exact) mass is 346 g/mol. The average Bonchev–Trinajstić information content (AvgIpc) is 3.33. The van der Waals surface area contributed by atoms with Crippen molar-refractivity contribution in [1.82, 2.24) is 25.0 Å². The van der Waals surface area contributed by atoms with Crippen molar-refractivity contribution < 1.29 is 0 Å². The normalized spacial score (nSPS) is 14.8. The van der Waals surface area contributed by atoms with E-state index in [1.807, 2.05) is 49.9 Å². The second-order valence-corrected chi connectivity index (χ2v) is 6.70. The lowest BCUT2D eigenvalue weighted by atomic mass is 10.2. The minimum Gasteiger partial charge on any atom is -0.353 e. The molecule has 1 saturated carbocycles. The summed E-state index contributed by atoms with van der Waals surface area (Å²) in [7, 11) is 4.01. The number of nitrogens with one attached hydrogen (secondary N) is 1. The number of benzene rings is 1. The standard InChI is InChI=1S/C17H23ClN6/c1-12-21-22-16(24(12)3)10-19-17(20-15-8-9-15)23(2)11-13-4-6-14(18)7-5-13/h4-7,15H,8-11H2,1-3H3,(H,19,20). The maximum Gasteiger partial charge on any atom is 0.194 e. The van der Waals surface area contributed by atoms with Crippen molar-refractivity contribution in [3.8, 4) is 0 Å². The van der Waals surface area contributed by atoms with Gasteiger partial charge in [-0.3, -0.25) is 0 Å². The molecule has 6 nitrogen and oxygen atoms in total. The van der Waals surface area contributed by atoms with Crippen LogP contribution in [0.25, 0.3) is 0 Å². The minimum absolute atomic E-state index is 0.511. The fourth-order valence-electron chi connectivity index (χ4n) is 2.36. The van der Waals surface area contributed by atoms with Crippen LogP contribution in [0.4, 0.5) is 0 Å². The molecule has 24 heavy (non-hydrogen) atoms. The van der Waals surface area contributed by atoms with Crippen LogP contribution in [-0.4, -0.2) is 38.7 Å². The molecule has 1 aromatic heterocycles. The first-order valence-corrected chi connectivity index (χ1v) is 8.52. The summed E-state index contributed by atoms with van der Waals surface area (Å²) in [6.45, 7) is 3.22. The minimum atomic E-state index is 0.511. The highest BCUT2D eigenvalue weighted by Crippen LogP contribution is 2.19. The van der Waals surface area contributed by atoms with Crippen LogP contribution in [0.2, 0.25) is 5.02 Å².